The van der Waals surface area contributed by atoms with Gasteiger partial charge in [-0.1, -0.05) is 20.8 Å². The maximum atomic E-state index is 6.02. The Morgan fingerprint density at radius 1 is 1.33 bits per heavy atom. The van der Waals surface area contributed by atoms with Crippen LogP contribution in [0.1, 0.15) is 40.0 Å². The van der Waals surface area contributed by atoms with Gasteiger partial charge in [-0.3, -0.25) is 0 Å². The van der Waals surface area contributed by atoms with E-state index >= 15 is 0 Å². The van der Waals surface area contributed by atoms with Crippen molar-refractivity contribution in [2.45, 2.75) is 56.5 Å². The van der Waals surface area contributed by atoms with Gasteiger partial charge in [0.2, 0.25) is 0 Å². The Bertz CT molecular complexity index is 259. The summed E-state index contributed by atoms with van der Waals surface area (Å²) in [6.45, 7) is 10.6. The molecule has 4 heteroatoms. The summed E-state index contributed by atoms with van der Waals surface area (Å²) in [5, 5.41) is 3.40. The fraction of sp³-hybridized carbons (Fsp3) is 1.00. The van der Waals surface area contributed by atoms with E-state index in [4.69, 9.17) is 9.47 Å². The second-order valence-corrected chi connectivity index (χ2v) is 8.32. The molecule has 0 aromatic rings. The number of ether oxygens (including phenoxy) is 2. The summed E-state index contributed by atoms with van der Waals surface area (Å²) in [5.41, 5.74) is 0.132. The number of hydrogen-bond acceptors (Lipinski definition) is 4. The van der Waals surface area contributed by atoms with Gasteiger partial charge in [0.05, 0.1) is 24.9 Å². The molecular formula is C14H27NO2S. The summed E-state index contributed by atoms with van der Waals surface area (Å²) in [7, 11) is 0. The second kappa shape index (κ2) is 6.12. The molecule has 0 saturated carbocycles. The molecule has 0 radical (unpaired) electrons. The molecule has 1 N–H and O–H groups in total. The highest BCUT2D eigenvalue weighted by molar-refractivity contribution is 8.00. The lowest BCUT2D eigenvalue weighted by Gasteiger charge is -2.32. The highest BCUT2D eigenvalue weighted by Gasteiger charge is 2.41. The molecule has 2 fully saturated rings. The maximum absolute atomic E-state index is 6.02. The Kier molecular flexibility index (Phi) is 4.98. The zero-order chi connectivity index (χ0) is 13.1. The molecular weight excluding hydrogens is 246 g/mol. The summed E-state index contributed by atoms with van der Waals surface area (Å²) in [6, 6.07) is 0. The van der Waals surface area contributed by atoms with Gasteiger partial charge in [-0.2, -0.15) is 11.8 Å². The van der Waals surface area contributed by atoms with E-state index in [-0.39, 0.29) is 5.60 Å². The van der Waals surface area contributed by atoms with Crippen molar-refractivity contribution in [3.05, 3.63) is 0 Å². The summed E-state index contributed by atoms with van der Waals surface area (Å²) in [6.07, 6.45) is 3.70. The van der Waals surface area contributed by atoms with Crippen LogP contribution in [-0.4, -0.2) is 48.5 Å². The van der Waals surface area contributed by atoms with Crippen LogP contribution in [-0.2, 0) is 9.47 Å². The van der Waals surface area contributed by atoms with Gasteiger partial charge in [-0.25, -0.2) is 0 Å². The monoisotopic (exact) mass is 273 g/mol. The average Bonchev–Trinajstić information content (AvgIpc) is 2.68. The van der Waals surface area contributed by atoms with Crippen molar-refractivity contribution in [3.63, 3.8) is 0 Å². The van der Waals surface area contributed by atoms with Crippen molar-refractivity contribution in [2.24, 2.45) is 0 Å². The zero-order valence-electron chi connectivity index (χ0n) is 12.0. The predicted molar refractivity (Wildman–Crippen MR) is 77.4 cm³/mol. The summed E-state index contributed by atoms with van der Waals surface area (Å²) in [4.78, 5) is 0. The molecule has 2 aliphatic rings. The fourth-order valence-electron chi connectivity index (χ4n) is 2.70. The molecule has 0 bridgehead atoms. The zero-order valence-corrected chi connectivity index (χ0v) is 12.8. The van der Waals surface area contributed by atoms with Gasteiger partial charge >= 0.3 is 0 Å². The van der Waals surface area contributed by atoms with Crippen LogP contribution < -0.4 is 5.32 Å². The molecule has 0 aliphatic carbocycles. The van der Waals surface area contributed by atoms with E-state index in [0.29, 0.717) is 10.9 Å². The minimum Gasteiger partial charge on any atom is -0.375 e. The van der Waals surface area contributed by atoms with Gasteiger partial charge in [-0.05, 0) is 25.9 Å². The van der Waals surface area contributed by atoms with Gasteiger partial charge in [0.15, 0.2) is 0 Å². The first-order valence-corrected chi connectivity index (χ1v) is 8.08. The van der Waals surface area contributed by atoms with Gasteiger partial charge < -0.3 is 14.8 Å². The summed E-state index contributed by atoms with van der Waals surface area (Å²) >= 11 is 1.97. The van der Waals surface area contributed by atoms with Crippen molar-refractivity contribution >= 4 is 11.8 Å². The molecule has 2 heterocycles. The summed E-state index contributed by atoms with van der Waals surface area (Å²) < 4.78 is 12.3. The Morgan fingerprint density at radius 2 is 2.06 bits per heavy atom. The quantitative estimate of drug-likeness (QED) is 0.797. The molecule has 18 heavy (non-hydrogen) atoms. The maximum Gasteiger partial charge on any atom is 0.0836 e. The highest BCUT2D eigenvalue weighted by atomic mass is 32.2. The Hall–Kier alpha value is 0.230. The third-order valence-electron chi connectivity index (χ3n) is 3.66. The number of piperidine rings is 1. The van der Waals surface area contributed by atoms with Crippen LogP contribution in [0.25, 0.3) is 0 Å². The first kappa shape index (κ1) is 14.6. The van der Waals surface area contributed by atoms with Crippen LogP contribution in [0, 0.1) is 0 Å². The molecule has 0 aromatic heterocycles. The standard InChI is InChI=1S/C14H27NO2S/c1-13(2,3)18-9-8-16-12-10-14(17-11-12)4-6-15-7-5-14/h12,15H,4-11H2,1-3H3. The molecule has 0 amide bonds. The van der Waals surface area contributed by atoms with Crippen LogP contribution in [0.15, 0.2) is 0 Å². The van der Waals surface area contributed by atoms with Crippen molar-refractivity contribution in [1.29, 1.82) is 0 Å². The minimum absolute atomic E-state index is 0.132. The molecule has 1 atom stereocenters. The number of thioether (sulfide) groups is 1. The van der Waals surface area contributed by atoms with Gasteiger partial charge in [0.1, 0.15) is 0 Å². The SMILES string of the molecule is CC(C)(C)SCCOC1COC2(CCNCC2)C1. The van der Waals surface area contributed by atoms with E-state index in [1.54, 1.807) is 0 Å². The Labute approximate surface area is 115 Å². The topological polar surface area (TPSA) is 30.5 Å². The van der Waals surface area contributed by atoms with E-state index in [0.717, 1.165) is 51.3 Å². The van der Waals surface area contributed by atoms with Gasteiger partial charge in [0, 0.05) is 16.9 Å². The molecule has 1 unspecified atom stereocenters. The lowest BCUT2D eigenvalue weighted by atomic mass is 9.89. The average molecular weight is 273 g/mol. The van der Waals surface area contributed by atoms with E-state index in [2.05, 4.69) is 26.1 Å². The third-order valence-corrected chi connectivity index (χ3v) is 4.90. The smallest absolute Gasteiger partial charge is 0.0836 e. The number of hydrogen-bond donors (Lipinski definition) is 1. The largest absolute Gasteiger partial charge is 0.375 e. The van der Waals surface area contributed by atoms with E-state index < -0.39 is 0 Å². The van der Waals surface area contributed by atoms with Crippen molar-refractivity contribution in [2.75, 3.05) is 32.1 Å². The number of rotatable bonds is 4. The van der Waals surface area contributed by atoms with Crippen LogP contribution in [0.2, 0.25) is 0 Å². The second-order valence-electron chi connectivity index (χ2n) is 6.40. The first-order chi connectivity index (χ1) is 8.49. The Balaban J connectivity index is 1.64. The lowest BCUT2D eigenvalue weighted by Crippen LogP contribution is -2.41. The van der Waals surface area contributed by atoms with Crippen LogP contribution >= 0.6 is 11.8 Å². The first-order valence-electron chi connectivity index (χ1n) is 7.09. The molecule has 2 aliphatic heterocycles. The number of nitrogens with one attached hydrogen (secondary N) is 1. The van der Waals surface area contributed by atoms with Crippen molar-refractivity contribution in [3.8, 4) is 0 Å². The van der Waals surface area contributed by atoms with Gasteiger partial charge in [0.25, 0.3) is 0 Å². The van der Waals surface area contributed by atoms with Crippen LogP contribution in [0.3, 0.4) is 0 Å². The molecule has 1 spiro atoms. The molecule has 0 aromatic carbocycles. The van der Waals surface area contributed by atoms with Crippen molar-refractivity contribution < 1.29 is 9.47 Å². The van der Waals surface area contributed by atoms with E-state index in [1.165, 1.54) is 0 Å². The van der Waals surface area contributed by atoms with Crippen LogP contribution in [0.5, 0.6) is 0 Å². The van der Waals surface area contributed by atoms with Crippen LogP contribution in [0.4, 0.5) is 0 Å². The fourth-order valence-corrected chi connectivity index (χ4v) is 3.49. The molecule has 2 saturated heterocycles. The Morgan fingerprint density at radius 3 is 2.72 bits per heavy atom. The third kappa shape index (κ3) is 4.41. The summed E-state index contributed by atoms with van der Waals surface area (Å²) in [5.74, 6) is 1.08. The predicted octanol–water partition coefficient (Wildman–Crippen LogP) is 2.45. The van der Waals surface area contributed by atoms with Gasteiger partial charge in [-0.15, -0.1) is 0 Å². The molecule has 3 nitrogen and oxygen atoms in total. The normalized spacial score (nSPS) is 27.8. The van der Waals surface area contributed by atoms with E-state index in [1.807, 2.05) is 11.8 Å². The molecule has 2 rings (SSSR count). The highest BCUT2D eigenvalue weighted by Crippen LogP contribution is 2.35. The molecule has 106 valence electrons. The lowest BCUT2D eigenvalue weighted by molar-refractivity contribution is -0.0228. The van der Waals surface area contributed by atoms with Crippen molar-refractivity contribution in [1.82, 2.24) is 5.32 Å². The minimum atomic E-state index is 0.132. The van der Waals surface area contributed by atoms with E-state index in [9.17, 15) is 0 Å².